The number of para-hydroxylation sites is 2. The molecule has 4 rings (SSSR count). The number of ketones is 1. The van der Waals surface area contributed by atoms with Gasteiger partial charge in [0.2, 0.25) is 0 Å². The second kappa shape index (κ2) is 11.0. The average Bonchev–Trinajstić information content (AvgIpc) is 2.91. The van der Waals surface area contributed by atoms with Gasteiger partial charge in [0.25, 0.3) is 0 Å². The van der Waals surface area contributed by atoms with Crippen molar-refractivity contribution in [1.82, 2.24) is 0 Å². The van der Waals surface area contributed by atoms with Gasteiger partial charge in [0.15, 0.2) is 5.78 Å². The highest BCUT2D eigenvalue weighted by Gasteiger charge is 2.26. The average molecular weight is 580 g/mol. The molecule has 0 fully saturated rings. The molecular formula is C29H24Br2O3. The second-order valence-corrected chi connectivity index (χ2v) is 9.56. The zero-order valence-electron chi connectivity index (χ0n) is 18.9. The van der Waals surface area contributed by atoms with Crippen LogP contribution in [0.5, 0.6) is 11.5 Å². The molecule has 0 saturated heterocycles. The summed E-state index contributed by atoms with van der Waals surface area (Å²) in [5.41, 5.74) is 4.91. The van der Waals surface area contributed by atoms with Gasteiger partial charge in [-0.1, -0.05) is 117 Å². The van der Waals surface area contributed by atoms with Crippen LogP contribution in [0.3, 0.4) is 0 Å². The summed E-state index contributed by atoms with van der Waals surface area (Å²) in [6, 6.07) is 31.4. The Bertz CT molecular complexity index is 1170. The monoisotopic (exact) mass is 578 g/mol. The number of carbonyl (C=O) groups excluding carboxylic acids is 1. The molecule has 0 aliphatic carbocycles. The van der Waals surface area contributed by atoms with Crippen LogP contribution in [0.25, 0.3) is 0 Å². The zero-order chi connectivity index (χ0) is 24.1. The Morgan fingerprint density at radius 2 is 0.971 bits per heavy atom. The number of halogens is 2. The van der Waals surface area contributed by atoms with Crippen LogP contribution < -0.4 is 9.47 Å². The lowest BCUT2D eigenvalue weighted by atomic mass is 9.94. The number of hydrogen-bond acceptors (Lipinski definition) is 3. The lowest BCUT2D eigenvalue weighted by molar-refractivity contribution is 0.103. The van der Waals surface area contributed by atoms with Gasteiger partial charge in [-0.2, -0.15) is 0 Å². The first-order valence-electron chi connectivity index (χ1n) is 10.8. The van der Waals surface area contributed by atoms with Crippen LogP contribution in [-0.4, -0.2) is 20.0 Å². The molecular weight excluding hydrogens is 556 g/mol. The first kappa shape index (κ1) is 24.2. The van der Waals surface area contributed by atoms with Crippen molar-refractivity contribution in [3.8, 4) is 11.5 Å². The zero-order valence-corrected chi connectivity index (χ0v) is 22.0. The molecule has 0 aromatic heterocycles. The van der Waals surface area contributed by atoms with Gasteiger partial charge in [-0.15, -0.1) is 0 Å². The minimum Gasteiger partial charge on any atom is -0.496 e. The van der Waals surface area contributed by atoms with Gasteiger partial charge in [-0.3, -0.25) is 4.79 Å². The third kappa shape index (κ3) is 4.82. The Labute approximate surface area is 217 Å². The van der Waals surface area contributed by atoms with Gasteiger partial charge in [0, 0.05) is 11.1 Å². The number of ether oxygens (including phenoxy) is 2. The maximum atomic E-state index is 13.8. The van der Waals surface area contributed by atoms with E-state index in [1.807, 2.05) is 84.9 Å². The van der Waals surface area contributed by atoms with E-state index in [-0.39, 0.29) is 15.4 Å². The summed E-state index contributed by atoms with van der Waals surface area (Å²) in [5.74, 6) is 0.936. The summed E-state index contributed by atoms with van der Waals surface area (Å²) in [6.45, 7) is 0. The van der Waals surface area contributed by atoms with E-state index in [0.29, 0.717) is 22.6 Å². The number of methoxy groups -OCH3 is 2. The lowest BCUT2D eigenvalue weighted by Gasteiger charge is -2.20. The van der Waals surface area contributed by atoms with E-state index in [9.17, 15) is 4.79 Å². The molecule has 0 bridgehead atoms. The maximum absolute atomic E-state index is 13.8. The molecule has 4 aromatic carbocycles. The van der Waals surface area contributed by atoms with Crippen molar-refractivity contribution in [2.75, 3.05) is 14.2 Å². The van der Waals surface area contributed by atoms with Crippen LogP contribution in [0.15, 0.2) is 97.1 Å². The summed E-state index contributed by atoms with van der Waals surface area (Å²) in [5, 5.41) is 0. The molecule has 0 aliphatic heterocycles. The first-order valence-corrected chi connectivity index (χ1v) is 12.7. The van der Waals surface area contributed by atoms with Crippen molar-refractivity contribution >= 4 is 37.6 Å². The highest BCUT2D eigenvalue weighted by molar-refractivity contribution is 9.09. The highest BCUT2D eigenvalue weighted by Crippen LogP contribution is 2.42. The molecule has 0 N–H and O–H groups in total. The minimum absolute atomic E-state index is 0.116. The van der Waals surface area contributed by atoms with Gasteiger partial charge >= 0.3 is 0 Å². The van der Waals surface area contributed by atoms with E-state index in [2.05, 4.69) is 31.9 Å². The van der Waals surface area contributed by atoms with E-state index in [0.717, 1.165) is 22.3 Å². The van der Waals surface area contributed by atoms with E-state index in [4.69, 9.17) is 9.47 Å². The second-order valence-electron chi connectivity index (χ2n) is 7.73. The van der Waals surface area contributed by atoms with Gasteiger partial charge < -0.3 is 9.47 Å². The number of alkyl halides is 2. The minimum atomic E-state index is -0.155. The van der Waals surface area contributed by atoms with Gasteiger partial charge in [0.05, 0.1) is 35.0 Å². The molecule has 4 aromatic rings. The van der Waals surface area contributed by atoms with Crippen molar-refractivity contribution in [3.05, 3.63) is 130 Å². The fourth-order valence-corrected chi connectivity index (χ4v) is 5.40. The molecule has 0 heterocycles. The molecule has 5 heteroatoms. The molecule has 2 unspecified atom stereocenters. The van der Waals surface area contributed by atoms with Crippen molar-refractivity contribution in [1.29, 1.82) is 0 Å². The molecule has 0 aliphatic rings. The van der Waals surface area contributed by atoms with E-state index >= 15 is 0 Å². The summed E-state index contributed by atoms with van der Waals surface area (Å²) < 4.78 is 11.6. The van der Waals surface area contributed by atoms with Crippen molar-refractivity contribution in [3.63, 3.8) is 0 Å². The Kier molecular flexibility index (Phi) is 7.86. The van der Waals surface area contributed by atoms with Crippen LogP contribution in [0.1, 0.15) is 47.8 Å². The summed E-state index contributed by atoms with van der Waals surface area (Å²) in [4.78, 5) is 13.6. The molecule has 0 saturated carbocycles. The van der Waals surface area contributed by atoms with Gasteiger partial charge in [-0.05, 0) is 23.3 Å². The Morgan fingerprint density at radius 1 is 0.588 bits per heavy atom. The van der Waals surface area contributed by atoms with Crippen molar-refractivity contribution < 1.29 is 14.3 Å². The van der Waals surface area contributed by atoms with E-state index in [1.165, 1.54) is 0 Å². The largest absolute Gasteiger partial charge is 0.496 e. The molecule has 0 spiro atoms. The number of hydrogen-bond donors (Lipinski definition) is 0. The lowest BCUT2D eigenvalue weighted by Crippen LogP contribution is -2.10. The number of benzene rings is 4. The van der Waals surface area contributed by atoms with Crippen LogP contribution in [0.4, 0.5) is 0 Å². The number of carbonyl (C=O) groups is 1. The third-order valence-corrected chi connectivity index (χ3v) is 7.76. The summed E-state index contributed by atoms with van der Waals surface area (Å²) in [6.07, 6.45) is 0. The van der Waals surface area contributed by atoms with Gasteiger partial charge in [-0.25, -0.2) is 0 Å². The molecule has 3 nitrogen and oxygen atoms in total. The summed E-state index contributed by atoms with van der Waals surface area (Å²) >= 11 is 7.58. The van der Waals surface area contributed by atoms with Gasteiger partial charge in [0.1, 0.15) is 11.5 Å². The fraction of sp³-hybridized carbons (Fsp3) is 0.138. The highest BCUT2D eigenvalue weighted by atomic mass is 79.9. The van der Waals surface area contributed by atoms with Crippen LogP contribution >= 0.6 is 31.9 Å². The molecule has 0 amide bonds. The van der Waals surface area contributed by atoms with Crippen LogP contribution in [0, 0.1) is 0 Å². The predicted octanol–water partition coefficient (Wildman–Crippen LogP) is 7.90. The van der Waals surface area contributed by atoms with Crippen molar-refractivity contribution in [2.24, 2.45) is 0 Å². The van der Waals surface area contributed by atoms with E-state index < -0.39 is 0 Å². The first-order chi connectivity index (χ1) is 16.6. The normalized spacial score (nSPS) is 12.6. The van der Waals surface area contributed by atoms with Crippen molar-refractivity contribution in [2.45, 2.75) is 9.65 Å². The van der Waals surface area contributed by atoms with Crippen LogP contribution in [0.2, 0.25) is 0 Å². The van der Waals surface area contributed by atoms with Crippen LogP contribution in [-0.2, 0) is 0 Å². The standard InChI is InChI=1S/C29H24Br2O3/c1-33-28-21(25(30)19-11-5-3-6-12-19)15-9-17-23(28)27(32)24-18-10-16-22(29(24)34-2)26(31)20-13-7-4-8-14-20/h3-18,25-26H,1-2H3. The molecule has 2 atom stereocenters. The summed E-state index contributed by atoms with van der Waals surface area (Å²) in [7, 11) is 3.19. The Balaban J connectivity index is 1.78. The van der Waals surface area contributed by atoms with E-state index in [1.54, 1.807) is 26.4 Å². The quantitative estimate of drug-likeness (QED) is 0.157. The Hall–Kier alpha value is -2.89. The maximum Gasteiger partial charge on any atom is 0.200 e. The SMILES string of the molecule is COc1c(C(=O)c2cccc(C(Br)c3ccccc3)c2OC)cccc1C(Br)c1ccccc1. The topological polar surface area (TPSA) is 35.5 Å². The molecule has 0 radical (unpaired) electrons. The fourth-order valence-electron chi connectivity index (χ4n) is 4.07. The number of rotatable bonds is 8. The third-order valence-electron chi connectivity index (χ3n) is 5.72. The predicted molar refractivity (Wildman–Crippen MR) is 144 cm³/mol. The molecule has 172 valence electrons. The Morgan fingerprint density at radius 3 is 1.32 bits per heavy atom. The smallest absolute Gasteiger partial charge is 0.200 e. The molecule has 34 heavy (non-hydrogen) atoms.